The number of rotatable bonds is 9. The lowest BCUT2D eigenvalue weighted by Crippen LogP contribution is -2.28. The predicted molar refractivity (Wildman–Crippen MR) is 93.2 cm³/mol. The van der Waals surface area contributed by atoms with Crippen LogP contribution in [0.4, 0.5) is 5.69 Å². The molecule has 0 radical (unpaired) electrons. The van der Waals surface area contributed by atoms with Crippen LogP contribution in [0.3, 0.4) is 0 Å². The second kappa shape index (κ2) is 8.58. The van der Waals surface area contributed by atoms with Crippen molar-refractivity contribution in [1.82, 2.24) is 0 Å². The number of benzene rings is 1. The first-order valence-electron chi connectivity index (χ1n) is 7.59. The van der Waals surface area contributed by atoms with Gasteiger partial charge in [-0.3, -0.25) is 23.5 Å². The van der Waals surface area contributed by atoms with Crippen molar-refractivity contribution >= 4 is 46.7 Å². The number of carbonyl (C=O) groups excluding carboxylic acids is 3. The third kappa shape index (κ3) is 6.48. The van der Waals surface area contributed by atoms with Gasteiger partial charge in [-0.1, -0.05) is 12.1 Å². The highest BCUT2D eigenvalue weighted by Gasteiger charge is 2.36. The van der Waals surface area contributed by atoms with Gasteiger partial charge in [0, 0.05) is 12.8 Å². The van der Waals surface area contributed by atoms with Crippen LogP contribution in [0.5, 0.6) is 0 Å². The first-order valence-corrected chi connectivity index (χ1v) is 10.6. The Hall–Kier alpha value is -1.65. The Morgan fingerprint density at radius 1 is 1.11 bits per heavy atom. The van der Waals surface area contributed by atoms with E-state index in [1.165, 1.54) is 24.3 Å². The fourth-order valence-electron chi connectivity index (χ4n) is 2.16. The van der Waals surface area contributed by atoms with Crippen molar-refractivity contribution in [3.05, 3.63) is 29.8 Å². The molecule has 2 N–H and O–H groups in total. The Bertz CT molecular complexity index is 843. The molecule has 14 heteroatoms. The molecule has 27 heavy (non-hydrogen) atoms. The zero-order chi connectivity index (χ0) is 20.2. The number of imide groups is 1. The number of phosphoric acid groups is 2. The normalized spacial score (nSPS) is 19.0. The van der Waals surface area contributed by atoms with Crippen molar-refractivity contribution in [3.8, 4) is 0 Å². The molecule has 0 spiro atoms. The molecule has 0 saturated carbocycles. The molecule has 2 rings (SSSR count). The summed E-state index contributed by atoms with van der Waals surface area (Å²) < 4.78 is 36.2. The summed E-state index contributed by atoms with van der Waals surface area (Å²) in [4.78, 5) is 54.1. The Labute approximate surface area is 154 Å². The quantitative estimate of drug-likeness (QED) is 0.323. The molecule has 1 aromatic rings. The zero-order valence-corrected chi connectivity index (χ0v) is 15.9. The summed E-state index contributed by atoms with van der Waals surface area (Å²) in [7, 11) is -8.91. The van der Waals surface area contributed by atoms with E-state index in [9.17, 15) is 33.3 Å². The SMILES string of the molecule is BC(=O)COP(=O)(O)OP(=O)(O)OCc1cccc(N2C(=O)CCC2=O)c1. The standard InChI is InChI=1S/C13H16BNO10P2/c14-11(16)8-24-27(21,22)25-26(19,20)23-7-9-2-1-3-10(6-9)15-12(17)4-5-13(15)18/h1-3,6H,4-5,7-8,14H2,(H,19,20)(H,21,22). The summed E-state index contributed by atoms with van der Waals surface area (Å²) in [5.74, 6) is -0.726. The number of anilines is 1. The molecule has 1 heterocycles. The highest BCUT2D eigenvalue weighted by molar-refractivity contribution is 7.61. The minimum atomic E-state index is -5.00. The molecule has 1 saturated heterocycles. The van der Waals surface area contributed by atoms with Crippen LogP contribution in [-0.4, -0.2) is 41.7 Å². The number of hydrogen-bond acceptors (Lipinski definition) is 8. The largest absolute Gasteiger partial charge is 0.481 e. The molecule has 1 fully saturated rings. The smallest absolute Gasteiger partial charge is 0.309 e. The monoisotopic (exact) mass is 419 g/mol. The van der Waals surface area contributed by atoms with E-state index in [0.29, 0.717) is 5.56 Å². The Balaban J connectivity index is 2.01. The maximum atomic E-state index is 11.8. The summed E-state index contributed by atoms with van der Waals surface area (Å²) in [6.45, 7) is -1.31. The second-order valence-corrected chi connectivity index (χ2v) is 8.60. The molecule has 0 aromatic heterocycles. The lowest BCUT2D eigenvalue weighted by molar-refractivity contribution is -0.121. The fraction of sp³-hybridized carbons (Fsp3) is 0.308. The maximum Gasteiger partial charge on any atom is 0.481 e. The molecule has 2 atom stereocenters. The molecular weight excluding hydrogens is 403 g/mol. The van der Waals surface area contributed by atoms with E-state index in [2.05, 4.69) is 13.4 Å². The van der Waals surface area contributed by atoms with Crippen molar-refractivity contribution in [1.29, 1.82) is 0 Å². The lowest BCUT2D eigenvalue weighted by atomic mass is 10.1. The minimum Gasteiger partial charge on any atom is -0.309 e. The topological polar surface area (TPSA) is 157 Å². The molecule has 1 aromatic carbocycles. The summed E-state index contributed by atoms with van der Waals surface area (Å²) in [6.07, 6.45) is 0.205. The third-order valence-corrected chi connectivity index (χ3v) is 5.81. The highest BCUT2D eigenvalue weighted by Crippen LogP contribution is 2.60. The third-order valence-electron chi connectivity index (χ3n) is 3.25. The first-order chi connectivity index (χ1) is 12.5. The van der Waals surface area contributed by atoms with Gasteiger partial charge in [-0.05, 0) is 17.7 Å². The van der Waals surface area contributed by atoms with Crippen LogP contribution in [-0.2, 0) is 43.5 Å². The molecule has 146 valence electrons. The van der Waals surface area contributed by atoms with Gasteiger partial charge < -0.3 is 14.6 Å². The van der Waals surface area contributed by atoms with E-state index in [-0.39, 0.29) is 30.3 Å². The van der Waals surface area contributed by atoms with Gasteiger partial charge in [0.2, 0.25) is 11.8 Å². The number of hydrogen-bond donors (Lipinski definition) is 2. The molecule has 2 unspecified atom stereocenters. The van der Waals surface area contributed by atoms with Gasteiger partial charge in [0.15, 0.2) is 7.85 Å². The van der Waals surface area contributed by atoms with E-state index in [1.54, 1.807) is 0 Å². The van der Waals surface area contributed by atoms with Gasteiger partial charge in [-0.25, -0.2) is 9.13 Å². The van der Waals surface area contributed by atoms with Crippen molar-refractivity contribution in [3.63, 3.8) is 0 Å². The van der Waals surface area contributed by atoms with E-state index < -0.39 is 34.5 Å². The number of phosphoric ester groups is 2. The zero-order valence-electron chi connectivity index (χ0n) is 14.1. The van der Waals surface area contributed by atoms with Gasteiger partial charge >= 0.3 is 15.6 Å². The van der Waals surface area contributed by atoms with E-state index >= 15 is 0 Å². The van der Waals surface area contributed by atoms with E-state index in [1.807, 2.05) is 0 Å². The van der Waals surface area contributed by atoms with Crippen LogP contribution in [0.2, 0.25) is 0 Å². The van der Waals surface area contributed by atoms with Gasteiger partial charge in [-0.15, -0.1) is 0 Å². The first kappa shape index (κ1) is 21.7. The molecule has 0 aliphatic carbocycles. The minimum absolute atomic E-state index is 0.102. The van der Waals surface area contributed by atoms with Crippen molar-refractivity contribution in [2.75, 3.05) is 11.5 Å². The molecule has 1 aliphatic rings. The molecule has 0 bridgehead atoms. The lowest BCUT2D eigenvalue weighted by Gasteiger charge is -2.17. The average Bonchev–Trinajstić information content (AvgIpc) is 2.89. The second-order valence-electron chi connectivity index (χ2n) is 5.56. The average molecular weight is 419 g/mol. The summed E-state index contributed by atoms with van der Waals surface area (Å²) >= 11 is 0. The van der Waals surface area contributed by atoms with Gasteiger partial charge in [0.05, 0.1) is 12.3 Å². The summed E-state index contributed by atoms with van der Waals surface area (Å²) in [6, 6.07) is 5.89. The van der Waals surface area contributed by atoms with Crippen LogP contribution in [0.1, 0.15) is 18.4 Å². The Morgan fingerprint density at radius 3 is 2.30 bits per heavy atom. The van der Waals surface area contributed by atoms with Crippen LogP contribution in [0.25, 0.3) is 0 Å². The van der Waals surface area contributed by atoms with Crippen molar-refractivity contribution in [2.24, 2.45) is 0 Å². The van der Waals surface area contributed by atoms with Crippen LogP contribution < -0.4 is 4.90 Å². The predicted octanol–water partition coefficient (Wildman–Crippen LogP) is 0.250. The van der Waals surface area contributed by atoms with Crippen molar-refractivity contribution in [2.45, 2.75) is 19.4 Å². The number of amides is 2. The van der Waals surface area contributed by atoms with Crippen molar-refractivity contribution < 1.29 is 46.7 Å². The number of carbonyl (C=O) groups is 3. The van der Waals surface area contributed by atoms with Gasteiger partial charge in [-0.2, -0.15) is 4.31 Å². The summed E-state index contributed by atoms with van der Waals surface area (Å²) in [5, 5.41) is 0. The van der Waals surface area contributed by atoms with Crippen LogP contribution in [0, 0.1) is 0 Å². The Morgan fingerprint density at radius 2 is 1.70 bits per heavy atom. The van der Waals surface area contributed by atoms with Crippen LogP contribution in [0.15, 0.2) is 24.3 Å². The van der Waals surface area contributed by atoms with Gasteiger partial charge in [0.25, 0.3) is 0 Å². The Kier molecular flexibility index (Phi) is 6.88. The van der Waals surface area contributed by atoms with E-state index in [0.717, 1.165) is 12.7 Å². The molecule has 11 nitrogen and oxygen atoms in total. The van der Waals surface area contributed by atoms with Gasteiger partial charge in [0.1, 0.15) is 12.3 Å². The highest BCUT2D eigenvalue weighted by atomic mass is 31.3. The molecule has 2 amide bonds. The number of nitrogens with zero attached hydrogens (tertiary/aromatic N) is 1. The molecule has 1 aliphatic heterocycles. The van der Waals surface area contributed by atoms with E-state index in [4.69, 9.17) is 0 Å². The summed E-state index contributed by atoms with van der Waals surface area (Å²) in [5.41, 5.74) is -0.0189. The fourth-order valence-corrected chi connectivity index (χ4v) is 4.23. The molecular formula is C13H16BNO10P2. The maximum absolute atomic E-state index is 11.8. The van der Waals surface area contributed by atoms with Crippen LogP contribution >= 0.6 is 15.6 Å².